The summed E-state index contributed by atoms with van der Waals surface area (Å²) >= 11 is 1.71. The highest BCUT2D eigenvalue weighted by molar-refractivity contribution is 7.10. The summed E-state index contributed by atoms with van der Waals surface area (Å²) in [5.41, 5.74) is 4.74. The molecule has 1 unspecified atom stereocenters. The highest BCUT2D eigenvalue weighted by Gasteiger charge is 2.26. The van der Waals surface area contributed by atoms with Crippen LogP contribution in [0.4, 0.5) is 0 Å². The van der Waals surface area contributed by atoms with Crippen molar-refractivity contribution in [2.45, 2.75) is 32.2 Å². The van der Waals surface area contributed by atoms with Gasteiger partial charge in [0.1, 0.15) is 18.6 Å². The number of thiophene rings is 1. The second-order valence-electron chi connectivity index (χ2n) is 6.75. The van der Waals surface area contributed by atoms with Gasteiger partial charge in [-0.15, -0.1) is 11.3 Å². The lowest BCUT2D eigenvalue weighted by molar-refractivity contribution is -0.108. The lowest BCUT2D eigenvalue weighted by atomic mass is 9.78. The number of rotatable bonds is 6. The van der Waals surface area contributed by atoms with Gasteiger partial charge in [-0.1, -0.05) is 17.7 Å². The summed E-state index contributed by atoms with van der Waals surface area (Å²) in [7, 11) is 0. The third-order valence-corrected chi connectivity index (χ3v) is 5.98. The molecule has 3 aromatic rings. The Morgan fingerprint density at radius 1 is 1.33 bits per heavy atom. The van der Waals surface area contributed by atoms with Gasteiger partial charge in [-0.3, -0.25) is 0 Å². The van der Waals surface area contributed by atoms with Gasteiger partial charge in [-0.25, -0.2) is 4.98 Å². The fraction of sp³-hybridized carbons (Fsp3) is 0.273. The van der Waals surface area contributed by atoms with Crippen LogP contribution >= 0.6 is 11.3 Å². The van der Waals surface area contributed by atoms with Crippen LogP contribution < -0.4 is 4.74 Å². The largest absolute Gasteiger partial charge is 0.491 e. The molecule has 0 spiro atoms. The van der Waals surface area contributed by atoms with Gasteiger partial charge in [0.15, 0.2) is 0 Å². The van der Waals surface area contributed by atoms with Crippen LogP contribution in [0.15, 0.2) is 53.9 Å². The van der Waals surface area contributed by atoms with Gasteiger partial charge in [0.05, 0.1) is 18.8 Å². The number of hydrogen-bond acceptors (Lipinski definition) is 4. The van der Waals surface area contributed by atoms with Gasteiger partial charge >= 0.3 is 0 Å². The molecule has 0 N–H and O–H groups in total. The molecular weight excluding hydrogens is 356 g/mol. The van der Waals surface area contributed by atoms with Crippen molar-refractivity contribution in [2.75, 3.05) is 6.61 Å². The van der Waals surface area contributed by atoms with Crippen LogP contribution in [0.25, 0.3) is 6.08 Å². The second kappa shape index (κ2) is 7.92. The van der Waals surface area contributed by atoms with Crippen molar-refractivity contribution in [3.63, 3.8) is 0 Å². The van der Waals surface area contributed by atoms with Crippen molar-refractivity contribution >= 4 is 23.7 Å². The normalized spacial score (nSPS) is 17.7. The number of imidazole rings is 1. The molecule has 0 aliphatic heterocycles. The van der Waals surface area contributed by atoms with E-state index in [1.54, 1.807) is 23.9 Å². The number of carbonyl (C=O) groups excluding carboxylic acids is 1. The maximum absolute atomic E-state index is 11.9. The predicted molar refractivity (Wildman–Crippen MR) is 108 cm³/mol. The molecule has 2 aromatic heterocycles. The standard InChI is InChI=1S/C22H22N2O2S/c1-16-19-5-4-17(13-18-3-2-12-27-18)21(14-25)20(19)6-7-22(16)26-11-10-24-9-8-23-15-24/h2-3,6-9,12-15,21H,4-5,10-11H2,1H3/b17-13+. The number of aromatic nitrogens is 2. The fourth-order valence-electron chi connectivity index (χ4n) is 3.72. The number of allylic oxidation sites excluding steroid dienone is 1. The molecule has 0 radical (unpaired) electrons. The Morgan fingerprint density at radius 2 is 2.26 bits per heavy atom. The Morgan fingerprint density at radius 3 is 3.00 bits per heavy atom. The topological polar surface area (TPSA) is 44.1 Å². The minimum Gasteiger partial charge on any atom is -0.491 e. The molecule has 5 heteroatoms. The first kappa shape index (κ1) is 17.7. The molecule has 4 rings (SSSR count). The van der Waals surface area contributed by atoms with Gasteiger partial charge in [0.2, 0.25) is 0 Å². The van der Waals surface area contributed by atoms with E-state index in [1.807, 2.05) is 22.9 Å². The Kier molecular flexibility index (Phi) is 5.21. The molecule has 1 aliphatic carbocycles. The van der Waals surface area contributed by atoms with Crippen LogP contribution in [0.1, 0.15) is 33.9 Å². The number of carbonyl (C=O) groups is 1. The summed E-state index contributed by atoms with van der Waals surface area (Å²) in [6, 6.07) is 8.21. The zero-order valence-corrected chi connectivity index (χ0v) is 16.1. The number of hydrogen-bond donors (Lipinski definition) is 0. The first-order chi connectivity index (χ1) is 13.3. The predicted octanol–water partition coefficient (Wildman–Crippen LogP) is 4.64. The zero-order valence-electron chi connectivity index (χ0n) is 15.3. The first-order valence-corrected chi connectivity index (χ1v) is 10.0. The summed E-state index contributed by atoms with van der Waals surface area (Å²) in [4.78, 5) is 17.1. The van der Waals surface area contributed by atoms with E-state index in [2.05, 4.69) is 35.5 Å². The SMILES string of the molecule is Cc1c(OCCn2ccnc2)ccc2c1CC/C(=C\c1cccs1)C2C=O. The summed E-state index contributed by atoms with van der Waals surface area (Å²) in [6.07, 6.45) is 10.6. The third kappa shape index (κ3) is 3.74. The van der Waals surface area contributed by atoms with E-state index in [0.29, 0.717) is 6.61 Å². The van der Waals surface area contributed by atoms with Crippen LogP contribution in [0, 0.1) is 6.92 Å². The summed E-state index contributed by atoms with van der Waals surface area (Å²) in [5, 5.41) is 2.07. The van der Waals surface area contributed by atoms with E-state index < -0.39 is 0 Å². The molecule has 0 fully saturated rings. The molecule has 138 valence electrons. The summed E-state index contributed by atoms with van der Waals surface area (Å²) in [5.74, 6) is 0.749. The number of benzene rings is 1. The van der Waals surface area contributed by atoms with Crippen LogP contribution in [0.3, 0.4) is 0 Å². The molecule has 2 heterocycles. The van der Waals surface area contributed by atoms with Gasteiger partial charge in [0, 0.05) is 17.3 Å². The van der Waals surface area contributed by atoms with E-state index in [9.17, 15) is 4.79 Å². The number of aldehydes is 1. The Hall–Kier alpha value is -2.66. The molecule has 27 heavy (non-hydrogen) atoms. The molecule has 0 bridgehead atoms. The zero-order chi connectivity index (χ0) is 18.6. The lowest BCUT2D eigenvalue weighted by Crippen LogP contribution is -2.16. The molecule has 0 amide bonds. The van der Waals surface area contributed by atoms with Gasteiger partial charge in [0.25, 0.3) is 0 Å². The van der Waals surface area contributed by atoms with Gasteiger partial charge in [-0.05, 0) is 60.0 Å². The summed E-state index contributed by atoms with van der Waals surface area (Å²) in [6.45, 7) is 3.46. The van der Waals surface area contributed by atoms with Crippen LogP contribution in [0.2, 0.25) is 0 Å². The highest BCUT2D eigenvalue weighted by atomic mass is 32.1. The lowest BCUT2D eigenvalue weighted by Gasteiger charge is -2.27. The quantitative estimate of drug-likeness (QED) is 0.587. The molecule has 0 saturated heterocycles. The van der Waals surface area contributed by atoms with Crippen molar-refractivity contribution in [2.24, 2.45) is 0 Å². The molecule has 1 atom stereocenters. The Balaban J connectivity index is 1.55. The second-order valence-corrected chi connectivity index (χ2v) is 7.73. The van der Waals surface area contributed by atoms with Crippen molar-refractivity contribution < 1.29 is 9.53 Å². The summed E-state index contributed by atoms with van der Waals surface area (Å²) < 4.78 is 8.01. The molecule has 1 aliphatic rings. The Labute approximate surface area is 163 Å². The fourth-order valence-corrected chi connectivity index (χ4v) is 4.41. The minimum absolute atomic E-state index is 0.158. The average molecular weight is 378 g/mol. The monoisotopic (exact) mass is 378 g/mol. The highest BCUT2D eigenvalue weighted by Crippen LogP contribution is 2.40. The van der Waals surface area contributed by atoms with E-state index in [0.717, 1.165) is 42.5 Å². The van der Waals surface area contributed by atoms with E-state index in [4.69, 9.17) is 4.74 Å². The first-order valence-electron chi connectivity index (χ1n) is 9.16. The molecule has 4 nitrogen and oxygen atoms in total. The maximum atomic E-state index is 11.9. The van der Waals surface area contributed by atoms with Gasteiger partial charge < -0.3 is 14.1 Å². The third-order valence-electron chi connectivity index (χ3n) is 5.16. The van der Waals surface area contributed by atoms with E-state index >= 15 is 0 Å². The maximum Gasteiger partial charge on any atom is 0.131 e. The van der Waals surface area contributed by atoms with Crippen molar-refractivity contribution in [3.05, 3.63) is 75.5 Å². The number of nitrogens with zero attached hydrogens (tertiary/aromatic N) is 2. The van der Waals surface area contributed by atoms with Crippen molar-refractivity contribution in [1.82, 2.24) is 9.55 Å². The minimum atomic E-state index is -0.158. The molecular formula is C22H22N2O2S. The van der Waals surface area contributed by atoms with E-state index in [1.165, 1.54) is 16.0 Å². The van der Waals surface area contributed by atoms with Crippen LogP contribution in [-0.4, -0.2) is 22.4 Å². The number of fused-ring (bicyclic) bond motifs is 1. The molecule has 0 saturated carbocycles. The Bertz CT molecular complexity index is 943. The van der Waals surface area contributed by atoms with Crippen molar-refractivity contribution in [1.29, 1.82) is 0 Å². The van der Waals surface area contributed by atoms with Crippen molar-refractivity contribution in [3.8, 4) is 5.75 Å². The molecule has 1 aromatic carbocycles. The van der Waals surface area contributed by atoms with Gasteiger partial charge in [-0.2, -0.15) is 0 Å². The van der Waals surface area contributed by atoms with E-state index in [-0.39, 0.29) is 5.92 Å². The smallest absolute Gasteiger partial charge is 0.131 e. The van der Waals surface area contributed by atoms with Crippen LogP contribution in [-0.2, 0) is 17.8 Å². The van der Waals surface area contributed by atoms with Crippen LogP contribution in [0.5, 0.6) is 5.75 Å². The average Bonchev–Trinajstić information content (AvgIpc) is 3.37. The number of ether oxygens (including phenoxy) is 1.